The highest BCUT2D eigenvalue weighted by molar-refractivity contribution is 9.11. The predicted molar refractivity (Wildman–Crippen MR) is 99.6 cm³/mol. The minimum absolute atomic E-state index is 0.168. The smallest absolute Gasteiger partial charge is 0.138 e. The molecular weight excluding hydrogens is 408 g/mol. The lowest BCUT2D eigenvalue weighted by Crippen LogP contribution is -2.37. The minimum atomic E-state index is 0.168. The molecule has 0 radical (unpaired) electrons. The number of benzene rings is 1. The summed E-state index contributed by atoms with van der Waals surface area (Å²) in [5, 5.41) is 3.61. The second kappa shape index (κ2) is 8.67. The molecule has 0 bridgehead atoms. The van der Waals surface area contributed by atoms with E-state index in [9.17, 15) is 0 Å². The van der Waals surface area contributed by atoms with E-state index in [1.165, 1.54) is 24.9 Å². The van der Waals surface area contributed by atoms with Crippen molar-refractivity contribution in [3.63, 3.8) is 0 Å². The number of nitrogens with one attached hydrogen (secondary N) is 1. The van der Waals surface area contributed by atoms with E-state index in [-0.39, 0.29) is 6.10 Å². The highest BCUT2D eigenvalue weighted by Crippen LogP contribution is 2.33. The molecule has 0 aliphatic carbocycles. The Morgan fingerprint density at radius 1 is 1.36 bits per heavy atom. The standard InChI is InChI=1S/C17H26Br2N2O/c1-4-21-7-5-6-15(21)11-20-10-13-8-14(18)9-16(19)17(13)22-12(2)3/h8-9,12,15,20H,4-7,10-11H2,1-3H3/t15-/m0/s1. The Morgan fingerprint density at radius 3 is 2.82 bits per heavy atom. The van der Waals surface area contributed by atoms with E-state index in [1.807, 2.05) is 6.07 Å². The Hall–Kier alpha value is -0.100. The molecule has 124 valence electrons. The van der Waals surface area contributed by atoms with Crippen molar-refractivity contribution in [3.8, 4) is 5.75 Å². The zero-order valence-corrected chi connectivity index (χ0v) is 16.8. The molecule has 0 saturated carbocycles. The molecule has 2 rings (SSSR count). The fourth-order valence-electron chi connectivity index (χ4n) is 3.03. The van der Waals surface area contributed by atoms with Crippen LogP contribution in [-0.2, 0) is 6.54 Å². The van der Waals surface area contributed by atoms with Crippen LogP contribution >= 0.6 is 31.9 Å². The lowest BCUT2D eigenvalue weighted by Gasteiger charge is -2.23. The predicted octanol–water partition coefficient (Wildman–Crippen LogP) is 4.57. The number of likely N-dealkylation sites (tertiary alicyclic amines) is 1. The molecule has 1 aliphatic heterocycles. The summed E-state index contributed by atoms with van der Waals surface area (Å²) in [7, 11) is 0. The average molecular weight is 434 g/mol. The SMILES string of the molecule is CCN1CCC[C@H]1CNCc1cc(Br)cc(Br)c1OC(C)C. The van der Waals surface area contributed by atoms with Gasteiger partial charge in [-0.15, -0.1) is 0 Å². The first-order valence-electron chi connectivity index (χ1n) is 8.10. The third kappa shape index (κ3) is 4.95. The van der Waals surface area contributed by atoms with Crippen LogP contribution in [0.3, 0.4) is 0 Å². The Balaban J connectivity index is 1.99. The molecule has 3 nitrogen and oxygen atoms in total. The summed E-state index contributed by atoms with van der Waals surface area (Å²) in [6.07, 6.45) is 2.80. The van der Waals surface area contributed by atoms with Crippen LogP contribution in [0, 0.1) is 0 Å². The van der Waals surface area contributed by atoms with Crippen molar-refractivity contribution in [3.05, 3.63) is 26.6 Å². The first-order valence-corrected chi connectivity index (χ1v) is 9.69. The average Bonchev–Trinajstić information content (AvgIpc) is 2.89. The molecule has 0 unspecified atom stereocenters. The lowest BCUT2D eigenvalue weighted by molar-refractivity contribution is 0.236. The van der Waals surface area contributed by atoms with E-state index in [0.717, 1.165) is 34.3 Å². The van der Waals surface area contributed by atoms with Crippen LogP contribution in [0.4, 0.5) is 0 Å². The van der Waals surface area contributed by atoms with Crippen LogP contribution < -0.4 is 10.1 Å². The zero-order chi connectivity index (χ0) is 16.1. The Labute approximate surface area is 151 Å². The maximum Gasteiger partial charge on any atom is 0.138 e. The van der Waals surface area contributed by atoms with Gasteiger partial charge in [0.25, 0.3) is 0 Å². The Kier molecular flexibility index (Phi) is 7.19. The summed E-state index contributed by atoms with van der Waals surface area (Å²) in [5.74, 6) is 0.949. The fourth-order valence-corrected chi connectivity index (χ4v) is 4.44. The summed E-state index contributed by atoms with van der Waals surface area (Å²) in [4.78, 5) is 2.56. The van der Waals surface area contributed by atoms with E-state index >= 15 is 0 Å². The molecule has 1 atom stereocenters. The third-order valence-electron chi connectivity index (χ3n) is 4.04. The van der Waals surface area contributed by atoms with Gasteiger partial charge >= 0.3 is 0 Å². The summed E-state index contributed by atoms with van der Waals surface area (Å²) in [5.41, 5.74) is 1.19. The van der Waals surface area contributed by atoms with E-state index in [2.05, 4.69) is 68.9 Å². The summed E-state index contributed by atoms with van der Waals surface area (Å²) < 4.78 is 8.05. The second-order valence-electron chi connectivity index (χ2n) is 6.10. The molecule has 1 aromatic rings. The minimum Gasteiger partial charge on any atom is -0.489 e. The quantitative estimate of drug-likeness (QED) is 0.681. The van der Waals surface area contributed by atoms with Crippen LogP contribution in [0.25, 0.3) is 0 Å². The van der Waals surface area contributed by atoms with Crippen LogP contribution in [0.2, 0.25) is 0 Å². The van der Waals surface area contributed by atoms with Gasteiger partial charge in [-0.3, -0.25) is 4.90 Å². The van der Waals surface area contributed by atoms with Crippen molar-refractivity contribution >= 4 is 31.9 Å². The van der Waals surface area contributed by atoms with E-state index in [0.29, 0.717) is 6.04 Å². The molecule has 0 spiro atoms. The van der Waals surface area contributed by atoms with Crippen molar-refractivity contribution in [1.29, 1.82) is 0 Å². The van der Waals surface area contributed by atoms with Crippen molar-refractivity contribution in [2.24, 2.45) is 0 Å². The lowest BCUT2D eigenvalue weighted by atomic mass is 10.1. The van der Waals surface area contributed by atoms with Crippen molar-refractivity contribution in [1.82, 2.24) is 10.2 Å². The van der Waals surface area contributed by atoms with Crippen molar-refractivity contribution in [2.45, 2.75) is 52.3 Å². The second-order valence-corrected chi connectivity index (χ2v) is 7.87. The molecule has 5 heteroatoms. The van der Waals surface area contributed by atoms with E-state index in [4.69, 9.17) is 4.74 Å². The van der Waals surface area contributed by atoms with Crippen molar-refractivity contribution < 1.29 is 4.74 Å². The maximum atomic E-state index is 5.98. The number of rotatable bonds is 7. The molecular formula is C17H26Br2N2O. The number of likely N-dealkylation sites (N-methyl/N-ethyl adjacent to an activating group) is 1. The summed E-state index contributed by atoms with van der Waals surface area (Å²) in [6.45, 7) is 10.6. The van der Waals surface area contributed by atoms with Gasteiger partial charge in [0.1, 0.15) is 5.75 Å². The van der Waals surface area contributed by atoms with E-state index < -0.39 is 0 Å². The number of ether oxygens (including phenoxy) is 1. The highest BCUT2D eigenvalue weighted by atomic mass is 79.9. The third-order valence-corrected chi connectivity index (χ3v) is 5.09. The molecule has 1 saturated heterocycles. The van der Waals surface area contributed by atoms with Gasteiger partial charge in [-0.25, -0.2) is 0 Å². The molecule has 1 heterocycles. The molecule has 1 aliphatic rings. The van der Waals surface area contributed by atoms with Crippen LogP contribution in [0.1, 0.15) is 39.2 Å². The number of nitrogens with zero attached hydrogens (tertiary/aromatic N) is 1. The number of halogens is 2. The Bertz CT molecular complexity index is 494. The maximum absolute atomic E-state index is 5.98. The number of hydrogen-bond acceptors (Lipinski definition) is 3. The number of hydrogen-bond donors (Lipinski definition) is 1. The summed E-state index contributed by atoms with van der Waals surface area (Å²) >= 11 is 7.19. The van der Waals surface area contributed by atoms with Crippen LogP contribution in [0.5, 0.6) is 5.75 Å². The van der Waals surface area contributed by atoms with Gasteiger partial charge in [0.05, 0.1) is 10.6 Å². The first-order chi connectivity index (χ1) is 10.5. The largest absolute Gasteiger partial charge is 0.489 e. The van der Waals surface area contributed by atoms with Crippen LogP contribution in [0.15, 0.2) is 21.1 Å². The highest BCUT2D eigenvalue weighted by Gasteiger charge is 2.22. The topological polar surface area (TPSA) is 24.5 Å². The van der Waals surface area contributed by atoms with Crippen molar-refractivity contribution in [2.75, 3.05) is 19.6 Å². The van der Waals surface area contributed by atoms with Gasteiger partial charge in [-0.2, -0.15) is 0 Å². The Morgan fingerprint density at radius 2 is 2.14 bits per heavy atom. The monoisotopic (exact) mass is 432 g/mol. The molecule has 0 amide bonds. The van der Waals surface area contributed by atoms with Gasteiger partial charge in [-0.1, -0.05) is 22.9 Å². The molecule has 1 aromatic carbocycles. The normalized spacial score (nSPS) is 19.1. The van der Waals surface area contributed by atoms with Gasteiger partial charge in [0.15, 0.2) is 0 Å². The van der Waals surface area contributed by atoms with Gasteiger partial charge in [0, 0.05) is 29.2 Å². The van der Waals surface area contributed by atoms with Crippen LogP contribution in [-0.4, -0.2) is 36.7 Å². The molecule has 0 aromatic heterocycles. The first kappa shape index (κ1) is 18.2. The molecule has 22 heavy (non-hydrogen) atoms. The van der Waals surface area contributed by atoms with Gasteiger partial charge < -0.3 is 10.1 Å². The fraction of sp³-hybridized carbons (Fsp3) is 0.647. The molecule has 1 N–H and O–H groups in total. The summed E-state index contributed by atoms with van der Waals surface area (Å²) in [6, 6.07) is 4.86. The zero-order valence-electron chi connectivity index (χ0n) is 13.7. The van der Waals surface area contributed by atoms with Gasteiger partial charge in [0.2, 0.25) is 0 Å². The van der Waals surface area contributed by atoms with E-state index in [1.54, 1.807) is 0 Å². The van der Waals surface area contributed by atoms with Gasteiger partial charge in [-0.05, 0) is 67.8 Å². The molecule has 1 fully saturated rings.